The van der Waals surface area contributed by atoms with E-state index < -0.39 is 0 Å². The van der Waals surface area contributed by atoms with Crippen LogP contribution in [0.25, 0.3) is 11.1 Å². The fraction of sp³-hybridized carbons (Fsp3) is 0.385. The van der Waals surface area contributed by atoms with Crippen LogP contribution in [-0.2, 0) is 35.5 Å². The first-order valence-electron chi connectivity index (χ1n) is 9.98. The van der Waals surface area contributed by atoms with Crippen LogP contribution in [-0.4, -0.2) is 0 Å². The minimum Gasteiger partial charge on any atom is -1.00 e. The van der Waals surface area contributed by atoms with E-state index in [0.717, 1.165) is 6.42 Å². The van der Waals surface area contributed by atoms with Crippen molar-refractivity contribution >= 4 is 0 Å². The Labute approximate surface area is 203 Å². The second-order valence-corrected chi connectivity index (χ2v) is 11.6. The molecule has 29 heavy (non-hydrogen) atoms. The SMILES string of the molecule is CC(C)(C)c1ccc2c(c1)C(C1=[C]([Zr+2])CC=C1)c1cc(C(C)(C)C)ccc1-2.[Cl-].[Cl-]. The molecule has 0 saturated carbocycles. The van der Waals surface area contributed by atoms with Gasteiger partial charge in [-0.25, -0.2) is 0 Å². The summed E-state index contributed by atoms with van der Waals surface area (Å²) in [6.45, 7) is 13.9. The van der Waals surface area contributed by atoms with Gasteiger partial charge in [0.15, 0.2) is 0 Å². The molecule has 2 aliphatic rings. The van der Waals surface area contributed by atoms with E-state index >= 15 is 0 Å². The van der Waals surface area contributed by atoms with Gasteiger partial charge in [0.25, 0.3) is 0 Å². The molecule has 2 aromatic rings. The minimum absolute atomic E-state index is 0. The van der Waals surface area contributed by atoms with Gasteiger partial charge >= 0.3 is 180 Å². The van der Waals surface area contributed by atoms with Gasteiger partial charge in [-0.1, -0.05) is 0 Å². The number of rotatable bonds is 1. The van der Waals surface area contributed by atoms with E-state index in [0.29, 0.717) is 5.92 Å². The van der Waals surface area contributed by atoms with Crippen LogP contribution in [0.4, 0.5) is 0 Å². The van der Waals surface area contributed by atoms with Gasteiger partial charge in [-0.3, -0.25) is 0 Å². The molecule has 0 aliphatic heterocycles. The summed E-state index contributed by atoms with van der Waals surface area (Å²) in [5.74, 6) is 0.396. The normalized spacial score (nSPS) is 15.7. The monoisotopic (exact) mass is 501 g/mol. The number of hydrogen-bond donors (Lipinski definition) is 0. The Morgan fingerprint density at radius 2 is 1.21 bits per heavy atom. The molecule has 0 amide bonds. The number of allylic oxidation sites excluding steroid dienone is 4. The van der Waals surface area contributed by atoms with Gasteiger partial charge in [-0.15, -0.1) is 0 Å². The molecular weight excluding hydrogens is 474 g/mol. The van der Waals surface area contributed by atoms with E-state index in [1.54, 1.807) is 33.6 Å². The van der Waals surface area contributed by atoms with Crippen molar-refractivity contribution in [3.8, 4) is 11.1 Å². The summed E-state index contributed by atoms with van der Waals surface area (Å²) in [6, 6.07) is 14.4. The van der Waals surface area contributed by atoms with E-state index in [2.05, 4.69) is 90.1 Å². The number of fused-ring (bicyclic) bond motifs is 3. The zero-order valence-corrected chi connectivity index (χ0v) is 22.1. The summed E-state index contributed by atoms with van der Waals surface area (Å²) in [4.78, 5) is 0. The van der Waals surface area contributed by atoms with Gasteiger partial charge in [0.1, 0.15) is 0 Å². The zero-order chi connectivity index (χ0) is 19.6. The minimum atomic E-state index is 0. The molecule has 4 rings (SSSR count). The molecule has 3 heteroatoms. The molecule has 0 heterocycles. The Hall–Kier alpha value is -0.617. The molecule has 0 atom stereocenters. The predicted octanol–water partition coefficient (Wildman–Crippen LogP) is 1.16. The fourth-order valence-corrected chi connectivity index (χ4v) is 5.17. The van der Waals surface area contributed by atoms with Crippen LogP contribution in [0.3, 0.4) is 0 Å². The summed E-state index contributed by atoms with van der Waals surface area (Å²) >= 11 is 1.55. The summed E-state index contributed by atoms with van der Waals surface area (Å²) in [7, 11) is 0. The largest absolute Gasteiger partial charge is 1.00 e. The second-order valence-electron chi connectivity index (χ2n) is 10.1. The van der Waals surface area contributed by atoms with Gasteiger partial charge < -0.3 is 24.8 Å². The maximum absolute atomic E-state index is 2.49. The van der Waals surface area contributed by atoms with Crippen molar-refractivity contribution in [2.24, 2.45) is 0 Å². The maximum atomic E-state index is 2.49. The smallest absolute Gasteiger partial charge is 1.00 e. The average Bonchev–Trinajstić information content (AvgIpc) is 3.12. The van der Waals surface area contributed by atoms with Crippen LogP contribution >= 0.6 is 0 Å². The van der Waals surface area contributed by atoms with E-state index in [-0.39, 0.29) is 35.6 Å². The molecule has 2 aromatic carbocycles. The van der Waals surface area contributed by atoms with E-state index in [1.807, 2.05) is 0 Å². The molecule has 0 saturated heterocycles. The van der Waals surface area contributed by atoms with Crippen molar-refractivity contribution in [2.75, 3.05) is 0 Å². The number of halogens is 2. The van der Waals surface area contributed by atoms with Crippen LogP contribution in [0, 0.1) is 0 Å². The van der Waals surface area contributed by atoms with Crippen molar-refractivity contribution in [2.45, 2.75) is 64.7 Å². The molecular formula is C26H29Cl2Zr. The Bertz CT molecular complexity index is 921. The van der Waals surface area contributed by atoms with Crippen molar-refractivity contribution in [3.05, 3.63) is 79.7 Å². The quantitative estimate of drug-likeness (QED) is 0.548. The second kappa shape index (κ2) is 8.49. The molecule has 0 radical (unpaired) electrons. The van der Waals surface area contributed by atoms with E-state index in [9.17, 15) is 0 Å². The first kappa shape index (κ1) is 24.7. The van der Waals surface area contributed by atoms with Crippen LogP contribution in [0.5, 0.6) is 0 Å². The molecule has 151 valence electrons. The molecule has 0 bridgehead atoms. The standard InChI is InChI=1S/C26H29.2ClH.Zr/c1-25(2,3)18-11-13-20-21-14-12-19(26(4,5)6)16-23(21)24(22(20)15-18)17-9-7-8-10-17;;;/h7,9,11-16,24H,8H2,1-6H3;2*1H;/q;;;+2/p-2. The van der Waals surface area contributed by atoms with E-state index in [4.69, 9.17) is 0 Å². The van der Waals surface area contributed by atoms with Gasteiger partial charge in [0.2, 0.25) is 0 Å². The van der Waals surface area contributed by atoms with Crippen molar-refractivity contribution in [1.82, 2.24) is 0 Å². The maximum Gasteiger partial charge on any atom is -1.00 e. The summed E-state index contributed by atoms with van der Waals surface area (Å²) in [5.41, 5.74) is 10.6. The topological polar surface area (TPSA) is 0 Å². The van der Waals surface area contributed by atoms with Crippen LogP contribution in [0.2, 0.25) is 0 Å². The zero-order valence-electron chi connectivity index (χ0n) is 18.2. The van der Waals surface area contributed by atoms with Gasteiger partial charge in [0.05, 0.1) is 0 Å². The third-order valence-corrected chi connectivity index (χ3v) is 7.24. The van der Waals surface area contributed by atoms with Crippen LogP contribution in [0.15, 0.2) is 57.4 Å². The summed E-state index contributed by atoms with van der Waals surface area (Å²) < 4.78 is 1.60. The fourth-order valence-electron chi connectivity index (χ4n) is 4.32. The van der Waals surface area contributed by atoms with Gasteiger partial charge in [-0.2, -0.15) is 0 Å². The molecule has 0 aromatic heterocycles. The molecule has 0 fully saturated rings. The first-order chi connectivity index (χ1) is 12.6. The molecule has 0 spiro atoms. The summed E-state index contributed by atoms with van der Waals surface area (Å²) in [6.07, 6.45) is 5.87. The van der Waals surface area contributed by atoms with Crippen molar-refractivity contribution in [3.63, 3.8) is 0 Å². The summed E-state index contributed by atoms with van der Waals surface area (Å²) in [5, 5.41) is 0. The van der Waals surface area contributed by atoms with Gasteiger partial charge in [0, 0.05) is 0 Å². The molecule has 0 N–H and O–H groups in total. The Kier molecular flexibility index (Phi) is 7.22. The van der Waals surface area contributed by atoms with Crippen molar-refractivity contribution in [1.29, 1.82) is 0 Å². The Morgan fingerprint density at radius 3 is 1.55 bits per heavy atom. The van der Waals surface area contributed by atoms with Crippen LogP contribution in [0.1, 0.15) is 76.1 Å². The third kappa shape index (κ3) is 4.39. The Balaban J connectivity index is 0.00000150. The van der Waals surface area contributed by atoms with Crippen LogP contribution < -0.4 is 24.8 Å². The van der Waals surface area contributed by atoms with Gasteiger partial charge in [-0.05, 0) is 0 Å². The average molecular weight is 504 g/mol. The Morgan fingerprint density at radius 1 is 0.759 bits per heavy atom. The predicted molar refractivity (Wildman–Crippen MR) is 112 cm³/mol. The molecule has 0 unspecified atom stereocenters. The van der Waals surface area contributed by atoms with Crippen molar-refractivity contribution < 1.29 is 49.5 Å². The molecule has 2 aliphatic carbocycles. The third-order valence-electron chi connectivity index (χ3n) is 6.03. The number of hydrogen-bond acceptors (Lipinski definition) is 0. The molecule has 0 nitrogen and oxygen atoms in total. The van der Waals surface area contributed by atoms with E-state index in [1.165, 1.54) is 33.4 Å². The first-order valence-corrected chi connectivity index (χ1v) is 11.2. The number of benzene rings is 2.